The number of carbonyl (C=O) groups excluding carboxylic acids is 1. The maximum Gasteiger partial charge on any atom is 0.365 e. The molecule has 0 saturated heterocycles. The molecule has 0 saturated carbocycles. The van der Waals surface area contributed by atoms with Crippen molar-refractivity contribution in [3.05, 3.63) is 44.9 Å². The molecule has 1 amide bonds. The van der Waals surface area contributed by atoms with Crippen LogP contribution in [0, 0.1) is 6.92 Å². The molecule has 5 nitrogen and oxygen atoms in total. The van der Waals surface area contributed by atoms with Crippen LogP contribution in [0.15, 0.2) is 24.4 Å². The van der Waals surface area contributed by atoms with Gasteiger partial charge in [-0.3, -0.25) is 4.79 Å². The number of aromatic carboxylic acids is 1. The minimum atomic E-state index is -1.16. The van der Waals surface area contributed by atoms with E-state index in [2.05, 4.69) is 10.3 Å². The summed E-state index contributed by atoms with van der Waals surface area (Å²) in [5.74, 6) is -1.59. The second kappa shape index (κ2) is 5.38. The maximum absolute atomic E-state index is 11.9. The summed E-state index contributed by atoms with van der Waals surface area (Å²) in [7, 11) is 0. The zero-order valence-electron chi connectivity index (χ0n) is 9.81. The molecule has 0 aliphatic carbocycles. The summed E-state index contributed by atoms with van der Waals surface area (Å²) in [5.41, 5.74) is 1.46. The minimum Gasteiger partial charge on any atom is -0.476 e. The topological polar surface area (TPSA) is 79.3 Å². The molecule has 0 radical (unpaired) electrons. The predicted octanol–water partition coefficient (Wildman–Crippen LogP) is 3.06. The second-order valence-electron chi connectivity index (χ2n) is 3.77. The Hall–Kier alpha value is -1.92. The third-order valence-electron chi connectivity index (χ3n) is 2.29. The lowest BCUT2D eigenvalue weighted by Crippen LogP contribution is -2.10. The van der Waals surface area contributed by atoms with Crippen molar-refractivity contribution in [3.8, 4) is 0 Å². The lowest BCUT2D eigenvalue weighted by molar-refractivity contribution is 0.0696. The average molecular weight is 297 g/mol. The Bertz CT molecular complexity index is 654. The molecular formula is C12H9ClN2O3S. The third-order valence-corrected chi connectivity index (χ3v) is 3.58. The van der Waals surface area contributed by atoms with Crippen LogP contribution in [0.3, 0.4) is 0 Å². The first-order chi connectivity index (χ1) is 8.97. The van der Waals surface area contributed by atoms with E-state index in [0.29, 0.717) is 10.7 Å². The van der Waals surface area contributed by atoms with Crippen molar-refractivity contribution in [2.75, 3.05) is 5.32 Å². The van der Waals surface area contributed by atoms with Crippen LogP contribution in [0.2, 0.25) is 5.02 Å². The number of benzene rings is 1. The summed E-state index contributed by atoms with van der Waals surface area (Å²) in [6, 6.07) is 5.23. The number of aryl methyl sites for hydroxylation is 1. The number of halogens is 1. The number of carboxylic acids is 1. The van der Waals surface area contributed by atoms with Crippen LogP contribution in [-0.2, 0) is 0 Å². The van der Waals surface area contributed by atoms with Gasteiger partial charge in [0, 0.05) is 0 Å². The minimum absolute atomic E-state index is 0.125. The van der Waals surface area contributed by atoms with Crippen molar-refractivity contribution in [1.29, 1.82) is 0 Å². The van der Waals surface area contributed by atoms with Crippen molar-refractivity contribution >= 4 is 40.5 Å². The van der Waals surface area contributed by atoms with E-state index in [1.165, 1.54) is 6.20 Å². The van der Waals surface area contributed by atoms with E-state index < -0.39 is 11.9 Å². The van der Waals surface area contributed by atoms with Crippen LogP contribution < -0.4 is 5.32 Å². The van der Waals surface area contributed by atoms with E-state index in [9.17, 15) is 9.59 Å². The smallest absolute Gasteiger partial charge is 0.365 e. The number of aromatic nitrogens is 1. The van der Waals surface area contributed by atoms with Gasteiger partial charge in [0.25, 0.3) is 5.91 Å². The average Bonchev–Trinajstić information content (AvgIpc) is 2.82. The number of hydrogen-bond acceptors (Lipinski definition) is 4. The van der Waals surface area contributed by atoms with Crippen molar-refractivity contribution in [1.82, 2.24) is 4.98 Å². The van der Waals surface area contributed by atoms with E-state index in [4.69, 9.17) is 16.7 Å². The lowest BCUT2D eigenvalue weighted by Gasteiger charge is -2.06. The number of amides is 1. The van der Waals surface area contributed by atoms with Gasteiger partial charge in [-0.2, -0.15) is 0 Å². The van der Waals surface area contributed by atoms with Gasteiger partial charge >= 0.3 is 5.97 Å². The number of nitrogens with zero attached hydrogens (tertiary/aromatic N) is 1. The molecule has 7 heteroatoms. The first-order valence-electron chi connectivity index (χ1n) is 5.24. The van der Waals surface area contributed by atoms with Crippen molar-refractivity contribution in [2.24, 2.45) is 0 Å². The summed E-state index contributed by atoms with van der Waals surface area (Å²) in [6.45, 7) is 1.89. The summed E-state index contributed by atoms with van der Waals surface area (Å²) in [6.07, 6.45) is 1.23. The van der Waals surface area contributed by atoms with E-state index in [1.54, 1.807) is 12.1 Å². The molecule has 2 aromatic rings. The highest BCUT2D eigenvalue weighted by Gasteiger charge is 2.15. The molecule has 2 rings (SSSR count). The summed E-state index contributed by atoms with van der Waals surface area (Å²) in [5, 5.41) is 11.7. The number of carboxylic acid groups (broad SMARTS) is 1. The molecule has 1 heterocycles. The van der Waals surface area contributed by atoms with Gasteiger partial charge in [-0.25, -0.2) is 9.78 Å². The van der Waals surface area contributed by atoms with Gasteiger partial charge in [0.15, 0.2) is 0 Å². The van der Waals surface area contributed by atoms with Crippen LogP contribution >= 0.6 is 22.9 Å². The Morgan fingerprint density at radius 3 is 2.74 bits per heavy atom. The monoisotopic (exact) mass is 296 g/mol. The predicted molar refractivity (Wildman–Crippen MR) is 73.2 cm³/mol. The molecule has 0 atom stereocenters. The molecule has 0 bridgehead atoms. The van der Waals surface area contributed by atoms with Gasteiger partial charge in [0.05, 0.1) is 16.9 Å². The highest BCUT2D eigenvalue weighted by atomic mass is 35.5. The number of thiazole rings is 1. The van der Waals surface area contributed by atoms with Crippen LogP contribution in [0.4, 0.5) is 5.69 Å². The zero-order valence-corrected chi connectivity index (χ0v) is 11.4. The van der Waals surface area contributed by atoms with Crippen LogP contribution in [0.5, 0.6) is 0 Å². The first-order valence-corrected chi connectivity index (χ1v) is 6.43. The molecular weight excluding hydrogens is 288 g/mol. The maximum atomic E-state index is 11.9. The van der Waals surface area contributed by atoms with Crippen LogP contribution in [0.25, 0.3) is 0 Å². The van der Waals surface area contributed by atoms with Gasteiger partial charge < -0.3 is 10.4 Å². The van der Waals surface area contributed by atoms with Gasteiger partial charge in [-0.15, -0.1) is 11.3 Å². The third kappa shape index (κ3) is 3.10. The quantitative estimate of drug-likeness (QED) is 0.912. The Balaban J connectivity index is 2.18. The fourth-order valence-electron chi connectivity index (χ4n) is 1.38. The summed E-state index contributed by atoms with van der Waals surface area (Å²) >= 11 is 6.81. The van der Waals surface area contributed by atoms with E-state index >= 15 is 0 Å². The molecule has 0 fully saturated rings. The van der Waals surface area contributed by atoms with Gasteiger partial charge in [0.2, 0.25) is 5.01 Å². The number of hydrogen-bond donors (Lipinski definition) is 2. The lowest BCUT2D eigenvalue weighted by atomic mass is 10.2. The van der Waals surface area contributed by atoms with Crippen molar-refractivity contribution < 1.29 is 14.7 Å². The van der Waals surface area contributed by atoms with Gasteiger partial charge in [0.1, 0.15) is 4.88 Å². The van der Waals surface area contributed by atoms with E-state index in [1.807, 2.05) is 13.0 Å². The Morgan fingerprint density at radius 1 is 1.42 bits per heavy atom. The van der Waals surface area contributed by atoms with Gasteiger partial charge in [-0.1, -0.05) is 17.7 Å². The molecule has 0 aliphatic rings. The molecule has 19 heavy (non-hydrogen) atoms. The molecule has 0 spiro atoms. The molecule has 1 aromatic heterocycles. The van der Waals surface area contributed by atoms with Gasteiger partial charge in [-0.05, 0) is 24.6 Å². The molecule has 2 N–H and O–H groups in total. The molecule has 0 unspecified atom stereocenters. The SMILES string of the molecule is Cc1ccc(NC(=O)c2cnc(C(=O)O)s2)c(Cl)c1. The summed E-state index contributed by atoms with van der Waals surface area (Å²) < 4.78 is 0. The molecule has 0 aliphatic heterocycles. The van der Waals surface area contributed by atoms with E-state index in [-0.39, 0.29) is 9.88 Å². The Kier molecular flexibility index (Phi) is 3.82. The van der Waals surface area contributed by atoms with Crippen LogP contribution in [0.1, 0.15) is 25.0 Å². The number of carbonyl (C=O) groups is 2. The number of rotatable bonds is 3. The first kappa shape index (κ1) is 13.5. The molecule has 98 valence electrons. The summed E-state index contributed by atoms with van der Waals surface area (Å²) in [4.78, 5) is 26.4. The Labute approximate surface area is 117 Å². The van der Waals surface area contributed by atoms with Crippen molar-refractivity contribution in [2.45, 2.75) is 6.92 Å². The normalized spacial score (nSPS) is 10.2. The zero-order chi connectivity index (χ0) is 14.0. The standard InChI is InChI=1S/C12H9ClN2O3S/c1-6-2-3-8(7(13)4-6)15-10(16)9-5-14-11(19-9)12(17)18/h2-5H,1H3,(H,15,16)(H,17,18). The Morgan fingerprint density at radius 2 is 2.16 bits per heavy atom. The highest BCUT2D eigenvalue weighted by Crippen LogP contribution is 2.24. The fourth-order valence-corrected chi connectivity index (χ4v) is 2.32. The largest absolute Gasteiger partial charge is 0.476 e. The second-order valence-corrected chi connectivity index (χ2v) is 5.21. The highest BCUT2D eigenvalue weighted by molar-refractivity contribution is 7.15. The number of nitrogens with one attached hydrogen (secondary N) is 1. The molecule has 1 aromatic carbocycles. The van der Waals surface area contributed by atoms with E-state index in [0.717, 1.165) is 16.9 Å². The van der Waals surface area contributed by atoms with Crippen LogP contribution in [-0.4, -0.2) is 22.0 Å². The van der Waals surface area contributed by atoms with Crippen molar-refractivity contribution in [3.63, 3.8) is 0 Å². The fraction of sp³-hybridized carbons (Fsp3) is 0.0833. The number of anilines is 1.